The summed E-state index contributed by atoms with van der Waals surface area (Å²) in [5, 5.41) is 14.6. The maximum Gasteiger partial charge on any atom is 0.123 e. The highest BCUT2D eigenvalue weighted by Gasteiger charge is 2.21. The van der Waals surface area contributed by atoms with Gasteiger partial charge in [0.25, 0.3) is 0 Å². The van der Waals surface area contributed by atoms with Crippen LogP contribution in [0, 0.1) is 5.82 Å². The van der Waals surface area contributed by atoms with Gasteiger partial charge < -0.3 is 0 Å². The van der Waals surface area contributed by atoms with Gasteiger partial charge in [-0.25, -0.2) is 4.39 Å². The van der Waals surface area contributed by atoms with Crippen LogP contribution in [0.3, 0.4) is 0 Å². The first kappa shape index (κ1) is 40.9. The average Bonchev–Trinajstić information content (AvgIpc) is 3.44. The lowest BCUT2D eigenvalue weighted by Crippen LogP contribution is -1.94. The van der Waals surface area contributed by atoms with Crippen LogP contribution in [0.5, 0.6) is 0 Å². The van der Waals surface area contributed by atoms with E-state index in [9.17, 15) is 4.39 Å². The molecule has 1 heteroatoms. The first-order valence-corrected chi connectivity index (χ1v) is 24.4. The van der Waals surface area contributed by atoms with Crippen molar-refractivity contribution in [2.75, 3.05) is 0 Å². The van der Waals surface area contributed by atoms with Crippen molar-refractivity contribution in [1.82, 2.24) is 0 Å². The molecule has 14 rings (SSSR count). The second-order valence-electron chi connectivity index (χ2n) is 18.9. The first-order chi connectivity index (χ1) is 35.1. The van der Waals surface area contributed by atoms with E-state index >= 15 is 0 Å². The van der Waals surface area contributed by atoms with Crippen molar-refractivity contribution in [1.29, 1.82) is 0 Å². The minimum absolute atomic E-state index is 0.247. The highest BCUT2D eigenvalue weighted by Crippen LogP contribution is 2.49. The van der Waals surface area contributed by atoms with Gasteiger partial charge in [-0.15, -0.1) is 0 Å². The zero-order valence-electron chi connectivity index (χ0n) is 38.7. The highest BCUT2D eigenvalue weighted by molar-refractivity contribution is 6.32. The van der Waals surface area contributed by atoms with Crippen LogP contribution in [0.1, 0.15) is 0 Å². The molecule has 0 fully saturated rings. The smallest absolute Gasteiger partial charge is 0.123 e. The number of halogens is 1. The molecule has 0 amide bonds. The van der Waals surface area contributed by atoms with Crippen molar-refractivity contribution in [3.8, 4) is 77.9 Å². The zero-order chi connectivity index (χ0) is 47.0. The summed E-state index contributed by atoms with van der Waals surface area (Å²) in [5.41, 5.74) is 16.1. The molecule has 71 heavy (non-hydrogen) atoms. The van der Waals surface area contributed by atoms with Gasteiger partial charge in [-0.2, -0.15) is 0 Å². The lowest BCUT2D eigenvalue weighted by molar-refractivity contribution is 0.628. The van der Waals surface area contributed by atoms with Gasteiger partial charge in [0.1, 0.15) is 5.82 Å². The predicted molar refractivity (Wildman–Crippen MR) is 301 cm³/mol. The zero-order valence-corrected chi connectivity index (χ0v) is 38.7. The van der Waals surface area contributed by atoms with Crippen LogP contribution in [0.15, 0.2) is 261 Å². The second kappa shape index (κ2) is 16.5. The van der Waals surface area contributed by atoms with Crippen molar-refractivity contribution >= 4 is 64.6 Å². The van der Waals surface area contributed by atoms with Gasteiger partial charge in [-0.3, -0.25) is 0 Å². The van der Waals surface area contributed by atoms with Gasteiger partial charge in [0.2, 0.25) is 0 Å². The number of benzene rings is 14. The normalized spacial score (nSPS) is 11.7. The molecule has 0 N–H and O–H groups in total. The maximum atomic E-state index is 14.6. The van der Waals surface area contributed by atoms with Gasteiger partial charge >= 0.3 is 0 Å². The molecule has 0 atom stereocenters. The van der Waals surface area contributed by atoms with E-state index in [-0.39, 0.29) is 5.82 Å². The molecule has 0 unspecified atom stereocenters. The van der Waals surface area contributed by atoms with E-state index in [1.165, 1.54) is 104 Å². The molecule has 0 aromatic heterocycles. The molecular weight excluding hydrogens is 860 g/mol. The third-order valence-corrected chi connectivity index (χ3v) is 14.9. The molecule has 0 aliphatic rings. The van der Waals surface area contributed by atoms with Crippen LogP contribution < -0.4 is 0 Å². The Morgan fingerprint density at radius 3 is 0.718 bits per heavy atom. The van der Waals surface area contributed by atoms with Gasteiger partial charge in [-0.05, 0) is 185 Å². The molecule has 14 aromatic rings. The van der Waals surface area contributed by atoms with Crippen LogP contribution in [0.2, 0.25) is 0 Å². The standard InChI is InChI=1S/C70H43F/c71-60-33-31-53(32-34-60)68-43-67(52-26-17-49(18-27-52)59-30-21-46-9-3-6-12-56(46)41-59)63-36-35-61-65(50-22-13-47(14-23-50)57-28-19-44-7-1-4-10-54(44)39-57)42-66(62-37-38-64(68)70(63)69(61)62)51-24-15-48(16-25-51)58-29-20-45-8-2-5-11-55(45)40-58/h1-43H. The van der Waals surface area contributed by atoms with Crippen LogP contribution in [-0.4, -0.2) is 0 Å². The number of hydrogen-bond donors (Lipinski definition) is 0. The minimum Gasteiger partial charge on any atom is -0.207 e. The monoisotopic (exact) mass is 902 g/mol. The molecule has 0 bridgehead atoms. The fourth-order valence-electron chi connectivity index (χ4n) is 11.2. The molecule has 0 heterocycles. The number of hydrogen-bond acceptors (Lipinski definition) is 0. The van der Waals surface area contributed by atoms with Crippen molar-refractivity contribution < 1.29 is 4.39 Å². The van der Waals surface area contributed by atoms with E-state index in [2.05, 4.69) is 237 Å². The molecule has 0 saturated carbocycles. The van der Waals surface area contributed by atoms with Gasteiger partial charge in [0.15, 0.2) is 0 Å². The highest BCUT2D eigenvalue weighted by atomic mass is 19.1. The summed E-state index contributed by atoms with van der Waals surface area (Å²) in [6.45, 7) is 0. The summed E-state index contributed by atoms with van der Waals surface area (Å²) in [4.78, 5) is 0. The van der Waals surface area contributed by atoms with E-state index in [0.29, 0.717) is 0 Å². The molecule has 0 saturated heterocycles. The lowest BCUT2D eigenvalue weighted by Gasteiger charge is -2.22. The third kappa shape index (κ3) is 7.05. The fraction of sp³-hybridized carbons (Fsp3) is 0. The average molecular weight is 903 g/mol. The number of rotatable bonds is 7. The van der Waals surface area contributed by atoms with E-state index in [0.717, 1.165) is 38.8 Å². The predicted octanol–water partition coefficient (Wildman–Crippen LogP) is 19.9. The number of fused-ring (bicyclic) bond motifs is 3. The SMILES string of the molecule is Fc1ccc(-c2cc(-c3ccc(-c4ccc5ccccc5c4)cc3)c3ccc4c(-c5ccc(-c6ccc7ccccc7c6)cc5)cc(-c5ccc(-c6ccc7ccccc7c6)cc5)c5ccc2c3c54)cc1. The molecule has 330 valence electrons. The van der Waals surface area contributed by atoms with Gasteiger partial charge in [0, 0.05) is 0 Å². The van der Waals surface area contributed by atoms with Gasteiger partial charge in [0.05, 0.1) is 0 Å². The quantitative estimate of drug-likeness (QED) is 0.140. The van der Waals surface area contributed by atoms with Crippen LogP contribution in [-0.2, 0) is 0 Å². The largest absolute Gasteiger partial charge is 0.207 e. The van der Waals surface area contributed by atoms with Crippen molar-refractivity contribution in [2.24, 2.45) is 0 Å². The molecule has 0 aliphatic carbocycles. The van der Waals surface area contributed by atoms with Crippen LogP contribution in [0.25, 0.3) is 143 Å². The minimum atomic E-state index is -0.247. The molecule has 0 aliphatic heterocycles. The molecule has 14 aromatic carbocycles. The molecule has 0 spiro atoms. The molecule has 0 nitrogen and oxygen atoms in total. The lowest BCUT2D eigenvalue weighted by atomic mass is 9.81. The Kier molecular flexibility index (Phi) is 9.50. The van der Waals surface area contributed by atoms with E-state index in [4.69, 9.17) is 0 Å². The Hall–Kier alpha value is -9.17. The summed E-state index contributed by atoms with van der Waals surface area (Å²) in [5.74, 6) is -0.247. The summed E-state index contributed by atoms with van der Waals surface area (Å²) >= 11 is 0. The van der Waals surface area contributed by atoms with Crippen molar-refractivity contribution in [3.63, 3.8) is 0 Å². The first-order valence-electron chi connectivity index (χ1n) is 24.4. The summed E-state index contributed by atoms with van der Waals surface area (Å²) < 4.78 is 14.6. The Balaban J connectivity index is 0.980. The second-order valence-corrected chi connectivity index (χ2v) is 18.9. The third-order valence-electron chi connectivity index (χ3n) is 14.9. The van der Waals surface area contributed by atoms with Crippen LogP contribution >= 0.6 is 0 Å². The Morgan fingerprint density at radius 1 is 0.183 bits per heavy atom. The Bertz CT molecular complexity index is 4210. The summed E-state index contributed by atoms with van der Waals surface area (Å²) in [6, 6.07) is 93.9. The van der Waals surface area contributed by atoms with Crippen molar-refractivity contribution in [3.05, 3.63) is 267 Å². The molecule has 0 radical (unpaired) electrons. The van der Waals surface area contributed by atoms with E-state index < -0.39 is 0 Å². The Morgan fingerprint density at radius 2 is 0.423 bits per heavy atom. The van der Waals surface area contributed by atoms with Crippen LogP contribution in [0.4, 0.5) is 4.39 Å². The fourth-order valence-corrected chi connectivity index (χ4v) is 11.2. The molecular formula is C70H43F. The maximum absolute atomic E-state index is 14.6. The van der Waals surface area contributed by atoms with E-state index in [1.807, 2.05) is 12.1 Å². The van der Waals surface area contributed by atoms with E-state index in [1.54, 1.807) is 12.1 Å². The van der Waals surface area contributed by atoms with Crippen molar-refractivity contribution in [2.45, 2.75) is 0 Å². The van der Waals surface area contributed by atoms with Gasteiger partial charge in [-0.1, -0.05) is 218 Å². The summed E-state index contributed by atoms with van der Waals surface area (Å²) in [7, 11) is 0. The topological polar surface area (TPSA) is 0 Å². The Labute approximate surface area is 411 Å². The summed E-state index contributed by atoms with van der Waals surface area (Å²) in [6.07, 6.45) is 0.